The Morgan fingerprint density at radius 3 is 2.87 bits per heavy atom. The smallest absolute Gasteiger partial charge is 0.106 e. The van der Waals surface area contributed by atoms with Crippen LogP contribution in [0.25, 0.3) is 22.0 Å². The van der Waals surface area contributed by atoms with Gasteiger partial charge in [-0.2, -0.15) is 0 Å². The van der Waals surface area contributed by atoms with E-state index in [1.807, 2.05) is 23.6 Å². The Bertz CT molecular complexity index is 587. The van der Waals surface area contributed by atoms with Gasteiger partial charge in [0.25, 0.3) is 0 Å². The summed E-state index contributed by atoms with van der Waals surface area (Å²) in [7, 11) is 0. The van der Waals surface area contributed by atoms with Gasteiger partial charge in [-0.3, -0.25) is 0 Å². The van der Waals surface area contributed by atoms with Crippen LogP contribution in [0.1, 0.15) is 0 Å². The maximum absolute atomic E-state index is 4.03. The van der Waals surface area contributed by atoms with E-state index in [0.717, 1.165) is 16.6 Å². The Hall–Kier alpha value is -1.74. The van der Waals surface area contributed by atoms with Gasteiger partial charge in [0.1, 0.15) is 5.69 Å². The van der Waals surface area contributed by atoms with Gasteiger partial charge >= 0.3 is 0 Å². The minimum absolute atomic E-state index is 0.894. The molecule has 0 N–H and O–H groups in total. The monoisotopic (exact) mass is 211 g/mol. The molecule has 0 saturated carbocycles. The molecular weight excluding hydrogens is 204 g/mol. The molecule has 3 heteroatoms. The van der Waals surface area contributed by atoms with Crippen molar-refractivity contribution in [3.8, 4) is 11.3 Å². The molecule has 1 radical (unpaired) electrons. The van der Waals surface area contributed by atoms with Gasteiger partial charge in [-0.15, -0.1) is 5.10 Å². The third-order valence-corrected chi connectivity index (χ3v) is 2.80. The predicted molar refractivity (Wildman–Crippen MR) is 61.7 cm³/mol. The van der Waals surface area contributed by atoms with Crippen LogP contribution in [-0.4, -0.2) is 9.59 Å². The minimum Gasteiger partial charge on any atom is -0.138 e. The number of fused-ring (bicyclic) bond motifs is 1. The molecular formula is C12H7N2S. The fourth-order valence-electron chi connectivity index (χ4n) is 1.55. The lowest BCUT2D eigenvalue weighted by Gasteiger charge is -1.98. The SMILES string of the molecule is [c]1c(-c2csnn2)ccc2ccccc12. The van der Waals surface area contributed by atoms with Gasteiger partial charge in [-0.25, -0.2) is 0 Å². The van der Waals surface area contributed by atoms with E-state index in [2.05, 4.69) is 33.9 Å². The summed E-state index contributed by atoms with van der Waals surface area (Å²) >= 11 is 1.36. The third kappa shape index (κ3) is 1.51. The normalized spacial score (nSPS) is 10.7. The summed E-state index contributed by atoms with van der Waals surface area (Å²) in [5.74, 6) is 0. The third-order valence-electron chi connectivity index (χ3n) is 2.30. The number of hydrogen-bond donors (Lipinski definition) is 0. The molecule has 0 atom stereocenters. The number of hydrogen-bond acceptors (Lipinski definition) is 3. The molecule has 0 saturated heterocycles. The molecule has 1 heterocycles. The summed E-state index contributed by atoms with van der Waals surface area (Å²) in [6.07, 6.45) is 0. The summed E-state index contributed by atoms with van der Waals surface area (Å²) in [5, 5.41) is 8.27. The van der Waals surface area contributed by atoms with Crippen LogP contribution in [0.4, 0.5) is 0 Å². The van der Waals surface area contributed by atoms with E-state index in [1.54, 1.807) is 0 Å². The first-order valence-corrected chi connectivity index (χ1v) is 5.46. The largest absolute Gasteiger partial charge is 0.138 e. The van der Waals surface area contributed by atoms with Crippen molar-refractivity contribution in [2.45, 2.75) is 0 Å². The first-order valence-electron chi connectivity index (χ1n) is 4.62. The maximum atomic E-state index is 4.03. The standard InChI is InChI=1S/C12H7N2S/c1-2-4-10-7-11(6-5-9(10)3-1)12-8-15-14-13-12/h1-6,8H. The number of rotatable bonds is 1. The predicted octanol–water partition coefficient (Wildman–Crippen LogP) is 3.16. The average molecular weight is 211 g/mol. The Morgan fingerprint density at radius 1 is 1.07 bits per heavy atom. The van der Waals surface area contributed by atoms with Crippen LogP contribution >= 0.6 is 11.5 Å². The second kappa shape index (κ2) is 3.44. The highest BCUT2D eigenvalue weighted by molar-refractivity contribution is 7.03. The lowest BCUT2D eigenvalue weighted by Crippen LogP contribution is -1.79. The lowest BCUT2D eigenvalue weighted by molar-refractivity contribution is 1.16. The molecule has 0 aliphatic rings. The highest BCUT2D eigenvalue weighted by atomic mass is 32.1. The number of aromatic nitrogens is 2. The van der Waals surface area contributed by atoms with Crippen molar-refractivity contribution in [3.05, 3.63) is 47.8 Å². The van der Waals surface area contributed by atoms with Crippen LogP contribution in [0.2, 0.25) is 0 Å². The highest BCUT2D eigenvalue weighted by Crippen LogP contribution is 2.22. The van der Waals surface area contributed by atoms with E-state index in [-0.39, 0.29) is 0 Å². The van der Waals surface area contributed by atoms with Crippen LogP contribution in [-0.2, 0) is 0 Å². The summed E-state index contributed by atoms with van der Waals surface area (Å²) in [4.78, 5) is 0. The lowest BCUT2D eigenvalue weighted by atomic mass is 10.1. The second-order valence-electron chi connectivity index (χ2n) is 3.25. The molecule has 0 spiro atoms. The number of nitrogens with zero attached hydrogens (tertiary/aromatic N) is 2. The van der Waals surface area contributed by atoms with Crippen molar-refractivity contribution in [2.24, 2.45) is 0 Å². The van der Waals surface area contributed by atoms with Crippen molar-refractivity contribution < 1.29 is 0 Å². The van der Waals surface area contributed by atoms with Gasteiger partial charge in [-0.05, 0) is 22.3 Å². The van der Waals surface area contributed by atoms with Crippen molar-refractivity contribution in [2.75, 3.05) is 0 Å². The molecule has 0 unspecified atom stereocenters. The fraction of sp³-hybridized carbons (Fsp3) is 0. The summed E-state index contributed by atoms with van der Waals surface area (Å²) in [6, 6.07) is 15.6. The van der Waals surface area contributed by atoms with Crippen molar-refractivity contribution >= 4 is 22.3 Å². The molecule has 0 aliphatic carbocycles. The van der Waals surface area contributed by atoms with Gasteiger partial charge in [-0.1, -0.05) is 40.9 Å². The molecule has 0 amide bonds. The molecule has 71 valence electrons. The molecule has 0 fully saturated rings. The zero-order chi connectivity index (χ0) is 10.1. The topological polar surface area (TPSA) is 25.8 Å². The summed E-state index contributed by atoms with van der Waals surface area (Å²) in [6.45, 7) is 0. The van der Waals surface area contributed by atoms with Crippen LogP contribution in [0.5, 0.6) is 0 Å². The molecule has 0 bridgehead atoms. The van der Waals surface area contributed by atoms with Gasteiger partial charge < -0.3 is 0 Å². The molecule has 15 heavy (non-hydrogen) atoms. The zero-order valence-electron chi connectivity index (χ0n) is 7.84. The number of benzene rings is 2. The van der Waals surface area contributed by atoms with Crippen LogP contribution in [0.15, 0.2) is 41.8 Å². The van der Waals surface area contributed by atoms with Crippen LogP contribution < -0.4 is 0 Å². The maximum Gasteiger partial charge on any atom is 0.106 e. The van der Waals surface area contributed by atoms with Gasteiger partial charge in [0.05, 0.1) is 0 Å². The molecule has 2 aromatic carbocycles. The fourth-order valence-corrected chi connectivity index (χ4v) is 2.00. The molecule has 1 aromatic heterocycles. The first kappa shape index (κ1) is 8.56. The van der Waals surface area contributed by atoms with Crippen molar-refractivity contribution in [1.29, 1.82) is 0 Å². The Balaban J connectivity index is 2.22. The van der Waals surface area contributed by atoms with E-state index in [9.17, 15) is 0 Å². The molecule has 2 nitrogen and oxygen atoms in total. The molecule has 3 aromatic rings. The van der Waals surface area contributed by atoms with E-state index in [4.69, 9.17) is 0 Å². The Kier molecular flexibility index (Phi) is 1.96. The minimum atomic E-state index is 0.894. The van der Waals surface area contributed by atoms with Crippen LogP contribution in [0.3, 0.4) is 0 Å². The summed E-state index contributed by atoms with van der Waals surface area (Å²) < 4.78 is 3.85. The van der Waals surface area contributed by atoms with Gasteiger partial charge in [0.2, 0.25) is 0 Å². The molecule has 3 rings (SSSR count). The van der Waals surface area contributed by atoms with Crippen molar-refractivity contribution in [1.82, 2.24) is 9.59 Å². The van der Waals surface area contributed by atoms with Gasteiger partial charge in [0, 0.05) is 17.0 Å². The first-order chi connectivity index (χ1) is 7.43. The van der Waals surface area contributed by atoms with E-state index in [0.29, 0.717) is 0 Å². The quantitative estimate of drug-likeness (QED) is 0.618. The zero-order valence-corrected chi connectivity index (χ0v) is 8.66. The Labute approximate surface area is 91.4 Å². The summed E-state index contributed by atoms with van der Waals surface area (Å²) in [5.41, 5.74) is 1.90. The highest BCUT2D eigenvalue weighted by Gasteiger charge is 2.01. The second-order valence-corrected chi connectivity index (χ2v) is 3.86. The van der Waals surface area contributed by atoms with E-state index >= 15 is 0 Å². The van der Waals surface area contributed by atoms with E-state index in [1.165, 1.54) is 16.9 Å². The molecule has 0 aliphatic heterocycles. The van der Waals surface area contributed by atoms with Crippen molar-refractivity contribution in [3.63, 3.8) is 0 Å². The van der Waals surface area contributed by atoms with E-state index < -0.39 is 0 Å². The van der Waals surface area contributed by atoms with Gasteiger partial charge in [0.15, 0.2) is 0 Å². The Morgan fingerprint density at radius 2 is 2.00 bits per heavy atom. The average Bonchev–Trinajstić information content (AvgIpc) is 2.82. The van der Waals surface area contributed by atoms with Crippen LogP contribution in [0, 0.1) is 6.07 Å².